The van der Waals surface area contributed by atoms with Crippen molar-refractivity contribution in [1.82, 2.24) is 0 Å². The fourth-order valence-electron chi connectivity index (χ4n) is 3.23. The van der Waals surface area contributed by atoms with Gasteiger partial charge in [-0.2, -0.15) is 0 Å². The molecule has 5 atom stereocenters. The molecule has 19 heavy (non-hydrogen) atoms. The smallest absolute Gasteiger partial charge is 0.168 e. The van der Waals surface area contributed by atoms with Gasteiger partial charge in [0.15, 0.2) is 6.04 Å². The summed E-state index contributed by atoms with van der Waals surface area (Å²) < 4.78 is 0. The van der Waals surface area contributed by atoms with E-state index in [4.69, 9.17) is 0 Å². The van der Waals surface area contributed by atoms with E-state index in [1.807, 2.05) is 6.07 Å². The summed E-state index contributed by atoms with van der Waals surface area (Å²) in [5, 5.41) is 24.0. The molecule has 6 heteroatoms. The van der Waals surface area contributed by atoms with Crippen LogP contribution in [0.5, 0.6) is 0 Å². The number of fused-ring (bicyclic) bond motifs is 2. The van der Waals surface area contributed by atoms with E-state index in [0.717, 1.165) is 13.0 Å². The molecule has 0 aliphatic carbocycles. The van der Waals surface area contributed by atoms with Gasteiger partial charge in [-0.1, -0.05) is 30.3 Å². The van der Waals surface area contributed by atoms with Gasteiger partial charge < -0.3 is 45.7 Å². The minimum atomic E-state index is -0.550. The molecule has 6 N–H and O–H groups in total. The summed E-state index contributed by atoms with van der Waals surface area (Å²) in [7, 11) is 0. The molecular weight excluding hydrogens is 287 g/mol. The number of hydrogen-bond acceptors (Lipinski definition) is 2. The quantitative estimate of drug-likeness (QED) is 0.448. The van der Waals surface area contributed by atoms with Crippen LogP contribution in [-0.4, -0.2) is 40.5 Å². The van der Waals surface area contributed by atoms with Gasteiger partial charge in [0, 0.05) is 5.56 Å². The summed E-state index contributed by atoms with van der Waals surface area (Å²) in [5.41, 5.74) is 1.31. The topological polar surface area (TPSA) is 73.7 Å². The molecule has 0 radical (unpaired) electrons. The third-order valence-electron chi connectivity index (χ3n) is 4.19. The van der Waals surface area contributed by atoms with Crippen LogP contribution in [0.3, 0.4) is 0 Å². The molecule has 2 saturated heterocycles. The fraction of sp³-hybridized carbons (Fsp3) is 0.538. The molecule has 2 heterocycles. The predicted octanol–water partition coefficient (Wildman–Crippen LogP) is -8.43. The van der Waals surface area contributed by atoms with E-state index in [1.54, 1.807) is 0 Å². The number of aliphatic hydroxyl groups excluding tert-OH is 2. The van der Waals surface area contributed by atoms with Gasteiger partial charge in [-0.3, -0.25) is 0 Å². The summed E-state index contributed by atoms with van der Waals surface area (Å²) >= 11 is 0. The third-order valence-corrected chi connectivity index (χ3v) is 4.19. The third kappa shape index (κ3) is 3.21. The summed E-state index contributed by atoms with van der Waals surface area (Å²) in [6.45, 7) is 0.950. The Labute approximate surface area is 125 Å². The van der Waals surface area contributed by atoms with Gasteiger partial charge in [-0.25, -0.2) is 0 Å². The molecule has 2 fully saturated rings. The van der Waals surface area contributed by atoms with Gasteiger partial charge in [0.25, 0.3) is 0 Å². The van der Waals surface area contributed by atoms with Crippen molar-refractivity contribution in [3.63, 3.8) is 0 Å². The highest BCUT2D eigenvalue weighted by Gasteiger charge is 2.57. The van der Waals surface area contributed by atoms with E-state index in [1.165, 1.54) is 5.56 Å². The molecule has 0 aromatic heterocycles. The molecule has 108 valence electrons. The summed E-state index contributed by atoms with van der Waals surface area (Å²) in [4.78, 5) is 0. The van der Waals surface area contributed by atoms with Gasteiger partial charge in [0.05, 0.1) is 6.42 Å². The molecule has 0 saturated carbocycles. The van der Waals surface area contributed by atoms with Gasteiger partial charge >= 0.3 is 0 Å². The van der Waals surface area contributed by atoms with E-state index >= 15 is 0 Å². The van der Waals surface area contributed by atoms with Crippen molar-refractivity contribution in [2.45, 2.75) is 43.3 Å². The zero-order chi connectivity index (χ0) is 11.8. The minimum Gasteiger partial charge on any atom is -1.00 e. The molecule has 2 aliphatic rings. The first kappa shape index (κ1) is 16.7. The minimum absolute atomic E-state index is 0. The molecule has 2 aliphatic heterocycles. The number of hydrogen-bond donors (Lipinski definition) is 4. The van der Waals surface area contributed by atoms with Crippen LogP contribution in [0.2, 0.25) is 0 Å². The van der Waals surface area contributed by atoms with E-state index in [2.05, 4.69) is 34.9 Å². The van der Waals surface area contributed by atoms with Crippen molar-refractivity contribution in [2.24, 2.45) is 0 Å². The lowest BCUT2D eigenvalue weighted by molar-refractivity contribution is -0.752. The normalized spacial score (nSPS) is 35.6. The van der Waals surface area contributed by atoms with Crippen LogP contribution in [0.25, 0.3) is 0 Å². The second kappa shape index (κ2) is 6.88. The number of rotatable bonds is 3. The Morgan fingerprint density at radius 2 is 1.79 bits per heavy atom. The van der Waals surface area contributed by atoms with Crippen molar-refractivity contribution in [2.75, 3.05) is 0 Å². The molecule has 1 aromatic carbocycles. The zero-order valence-corrected chi connectivity index (χ0v) is 12.0. The molecule has 1 aromatic rings. The van der Waals surface area contributed by atoms with Crippen LogP contribution < -0.4 is 35.4 Å². The van der Waals surface area contributed by atoms with Gasteiger partial charge in [-0.15, -0.1) is 0 Å². The standard InChI is InChI=1S/C13H18N2O2.2ClH/c16-12-10-6-9(11(15-10)13(12)17)14-7-8-4-2-1-3-5-8;;/h1-5,9-17H,6-7H2;2*1H/t9-,10-,11+,12-,13+;;/m1../s1. The van der Waals surface area contributed by atoms with Crippen molar-refractivity contribution in [3.05, 3.63) is 35.9 Å². The highest BCUT2D eigenvalue weighted by molar-refractivity contribution is 5.13. The number of aliphatic hydroxyl groups is 2. The molecule has 4 nitrogen and oxygen atoms in total. The van der Waals surface area contributed by atoms with Crippen molar-refractivity contribution in [3.8, 4) is 0 Å². The van der Waals surface area contributed by atoms with E-state index in [0.29, 0.717) is 6.04 Å². The largest absolute Gasteiger partial charge is 1.00 e. The number of halogens is 2. The average molecular weight is 307 g/mol. The van der Waals surface area contributed by atoms with Crippen molar-refractivity contribution >= 4 is 0 Å². The Morgan fingerprint density at radius 3 is 2.37 bits per heavy atom. The van der Waals surface area contributed by atoms with Crippen LogP contribution in [0.1, 0.15) is 12.0 Å². The molecule has 0 unspecified atom stereocenters. The van der Waals surface area contributed by atoms with Gasteiger partial charge in [0.2, 0.25) is 0 Å². The van der Waals surface area contributed by atoms with Crippen LogP contribution in [0.4, 0.5) is 0 Å². The monoisotopic (exact) mass is 306 g/mol. The summed E-state index contributed by atoms with van der Waals surface area (Å²) in [6.07, 6.45) is -0.0810. The van der Waals surface area contributed by atoms with Gasteiger partial charge in [-0.05, 0) is 0 Å². The Hall–Kier alpha value is -0.360. The zero-order valence-electron chi connectivity index (χ0n) is 10.5. The average Bonchev–Trinajstić information content (AvgIpc) is 2.89. The van der Waals surface area contributed by atoms with Crippen molar-refractivity contribution < 1.29 is 45.7 Å². The number of nitrogens with two attached hydrogens (primary N) is 2. The molecule has 0 amide bonds. The molecule has 3 rings (SSSR count). The Kier molecular flexibility index (Phi) is 6.05. The van der Waals surface area contributed by atoms with Crippen LogP contribution >= 0.6 is 0 Å². The lowest BCUT2D eigenvalue weighted by Gasteiger charge is -2.22. The number of benzene rings is 1. The van der Waals surface area contributed by atoms with E-state index in [-0.39, 0.29) is 36.9 Å². The van der Waals surface area contributed by atoms with E-state index < -0.39 is 12.2 Å². The highest BCUT2D eigenvalue weighted by atomic mass is 35.5. The first-order valence-corrected chi connectivity index (χ1v) is 6.34. The summed E-state index contributed by atoms with van der Waals surface area (Å²) in [6, 6.07) is 11.2. The maximum Gasteiger partial charge on any atom is 0.168 e. The first-order valence-electron chi connectivity index (χ1n) is 6.34. The molecule has 2 bridgehead atoms. The Morgan fingerprint density at radius 1 is 1.11 bits per heavy atom. The van der Waals surface area contributed by atoms with Gasteiger partial charge in [0.1, 0.15) is 30.8 Å². The lowest BCUT2D eigenvalue weighted by atomic mass is 9.90. The second-order valence-corrected chi connectivity index (χ2v) is 5.24. The Bertz CT molecular complexity index is 391. The maximum atomic E-state index is 9.85. The van der Waals surface area contributed by atoms with Crippen LogP contribution in [-0.2, 0) is 6.54 Å². The van der Waals surface area contributed by atoms with Crippen molar-refractivity contribution in [1.29, 1.82) is 0 Å². The Balaban J connectivity index is 0.000000902. The second-order valence-electron chi connectivity index (χ2n) is 5.24. The predicted molar refractivity (Wildman–Crippen MR) is 62.0 cm³/mol. The van der Waals surface area contributed by atoms with E-state index in [9.17, 15) is 10.2 Å². The number of quaternary nitrogens is 2. The summed E-state index contributed by atoms with van der Waals surface area (Å²) in [5.74, 6) is 0. The van der Waals surface area contributed by atoms with Crippen LogP contribution in [0.15, 0.2) is 30.3 Å². The highest BCUT2D eigenvalue weighted by Crippen LogP contribution is 2.21. The fourth-order valence-corrected chi connectivity index (χ4v) is 3.23. The lowest BCUT2D eigenvalue weighted by Crippen LogP contribution is -3.00. The first-order chi connectivity index (χ1) is 8.25. The maximum absolute atomic E-state index is 9.85. The SMILES string of the molecule is O[C@@H]1[C@H](O)[C@H]2C[C@@H]([NH2+]Cc3ccccc3)[C@@H]1[NH2+]2.[Cl-].[Cl-]. The van der Waals surface area contributed by atoms with Crippen LogP contribution in [0, 0.1) is 0 Å². The molecule has 0 spiro atoms. The molecular formula is C13H20Cl2N2O2.